The zero-order valence-corrected chi connectivity index (χ0v) is 10.2. The van der Waals surface area contributed by atoms with E-state index in [-0.39, 0.29) is 0 Å². The van der Waals surface area contributed by atoms with Crippen LogP contribution >= 0.6 is 0 Å². The number of hydrogen-bond donors (Lipinski definition) is 1. The van der Waals surface area contributed by atoms with Crippen LogP contribution in [0.2, 0.25) is 0 Å². The van der Waals surface area contributed by atoms with Gasteiger partial charge in [-0.15, -0.1) is 0 Å². The van der Waals surface area contributed by atoms with Gasteiger partial charge in [0.15, 0.2) is 5.69 Å². The van der Waals surface area contributed by atoms with E-state index < -0.39 is 0 Å². The Morgan fingerprint density at radius 1 is 1.47 bits per heavy atom. The summed E-state index contributed by atoms with van der Waals surface area (Å²) < 4.78 is 0. The summed E-state index contributed by atoms with van der Waals surface area (Å²) in [5, 5.41) is 8.91. The van der Waals surface area contributed by atoms with Crippen molar-refractivity contribution in [3.63, 3.8) is 0 Å². The molecule has 1 aromatic rings. The van der Waals surface area contributed by atoms with E-state index in [4.69, 9.17) is 11.0 Å². The van der Waals surface area contributed by atoms with Gasteiger partial charge in [0.25, 0.3) is 0 Å². The molecule has 1 saturated heterocycles. The Balaban J connectivity index is 2.11. The van der Waals surface area contributed by atoms with Crippen molar-refractivity contribution in [3.8, 4) is 6.07 Å². The molecule has 2 rings (SSSR count). The van der Waals surface area contributed by atoms with E-state index in [1.807, 2.05) is 12.1 Å². The first kappa shape index (κ1) is 11.7. The van der Waals surface area contributed by atoms with E-state index in [0.29, 0.717) is 11.4 Å². The second-order valence-corrected chi connectivity index (χ2v) is 4.56. The zero-order valence-electron chi connectivity index (χ0n) is 10.2. The molecule has 0 bridgehead atoms. The number of rotatable bonds is 2. The maximum atomic E-state index is 8.91. The van der Waals surface area contributed by atoms with Gasteiger partial charge in [0.05, 0.1) is 5.69 Å². The molecule has 1 aliphatic heterocycles. The average Bonchev–Trinajstić information content (AvgIpc) is 2.39. The maximum absolute atomic E-state index is 8.91. The minimum atomic E-state index is 0.333. The molecule has 1 fully saturated rings. The van der Waals surface area contributed by atoms with Crippen LogP contribution in [0, 0.1) is 17.2 Å². The van der Waals surface area contributed by atoms with Crippen molar-refractivity contribution in [1.82, 2.24) is 4.98 Å². The highest BCUT2D eigenvalue weighted by molar-refractivity contribution is 5.55. The summed E-state index contributed by atoms with van der Waals surface area (Å²) in [6.45, 7) is 4.30. The average molecular weight is 230 g/mol. The predicted molar refractivity (Wildman–Crippen MR) is 68.6 cm³/mol. The van der Waals surface area contributed by atoms with Gasteiger partial charge >= 0.3 is 0 Å². The summed E-state index contributed by atoms with van der Waals surface area (Å²) in [5.74, 6) is 1.72. The highest BCUT2D eigenvalue weighted by Crippen LogP contribution is 2.24. The van der Waals surface area contributed by atoms with Gasteiger partial charge < -0.3 is 10.6 Å². The summed E-state index contributed by atoms with van der Waals surface area (Å²) >= 11 is 0. The van der Waals surface area contributed by atoms with Crippen LogP contribution in [0.15, 0.2) is 12.1 Å². The van der Waals surface area contributed by atoms with Crippen LogP contribution in [-0.2, 0) is 0 Å². The number of anilines is 2. The van der Waals surface area contributed by atoms with Crippen LogP contribution in [0.3, 0.4) is 0 Å². The monoisotopic (exact) mass is 230 g/mol. The standard InChI is InChI=1S/C13H18N4/c1-2-10-5-7-17(8-6-10)13-4-3-11(15)12(9-14)16-13/h3-4,10H,2,5-8,15H2,1H3. The highest BCUT2D eigenvalue weighted by atomic mass is 15.2. The Labute approximate surface area is 102 Å². The second-order valence-electron chi connectivity index (χ2n) is 4.56. The first-order valence-electron chi connectivity index (χ1n) is 6.16. The van der Waals surface area contributed by atoms with Crippen molar-refractivity contribution in [2.24, 2.45) is 5.92 Å². The first-order chi connectivity index (χ1) is 8.24. The Morgan fingerprint density at radius 3 is 2.76 bits per heavy atom. The molecule has 0 aromatic carbocycles. The first-order valence-corrected chi connectivity index (χ1v) is 6.16. The highest BCUT2D eigenvalue weighted by Gasteiger charge is 2.19. The molecule has 90 valence electrons. The molecule has 0 radical (unpaired) electrons. The molecule has 0 saturated carbocycles. The van der Waals surface area contributed by atoms with Gasteiger partial charge in [0.1, 0.15) is 11.9 Å². The molecular formula is C13H18N4. The number of piperidine rings is 1. The topological polar surface area (TPSA) is 65.9 Å². The van der Waals surface area contributed by atoms with Crippen molar-refractivity contribution in [1.29, 1.82) is 5.26 Å². The number of pyridine rings is 1. The van der Waals surface area contributed by atoms with E-state index in [1.165, 1.54) is 19.3 Å². The minimum absolute atomic E-state index is 0.333. The Kier molecular flexibility index (Phi) is 3.48. The largest absolute Gasteiger partial charge is 0.396 e. The van der Waals surface area contributed by atoms with Gasteiger partial charge in [-0.1, -0.05) is 13.3 Å². The lowest BCUT2D eigenvalue weighted by Gasteiger charge is -2.32. The molecule has 1 aromatic heterocycles. The van der Waals surface area contributed by atoms with Gasteiger partial charge in [-0.3, -0.25) is 0 Å². The fourth-order valence-electron chi connectivity index (χ4n) is 2.30. The zero-order chi connectivity index (χ0) is 12.3. The predicted octanol–water partition coefficient (Wildman–Crippen LogP) is 2.16. The van der Waals surface area contributed by atoms with Crippen LogP contribution in [0.5, 0.6) is 0 Å². The van der Waals surface area contributed by atoms with E-state index in [1.54, 1.807) is 6.07 Å². The lowest BCUT2D eigenvalue weighted by Crippen LogP contribution is -2.34. The summed E-state index contributed by atoms with van der Waals surface area (Å²) in [4.78, 5) is 6.55. The Morgan fingerprint density at radius 2 is 2.18 bits per heavy atom. The lowest BCUT2D eigenvalue weighted by molar-refractivity contribution is 0.394. The van der Waals surface area contributed by atoms with Gasteiger partial charge in [-0.2, -0.15) is 5.26 Å². The fraction of sp³-hybridized carbons (Fsp3) is 0.538. The molecule has 0 unspecified atom stereocenters. The third-order valence-electron chi connectivity index (χ3n) is 3.53. The van der Waals surface area contributed by atoms with Crippen molar-refractivity contribution in [3.05, 3.63) is 17.8 Å². The van der Waals surface area contributed by atoms with Gasteiger partial charge in [-0.05, 0) is 30.9 Å². The van der Waals surface area contributed by atoms with Crippen molar-refractivity contribution >= 4 is 11.5 Å². The summed E-state index contributed by atoms with van der Waals surface area (Å²) in [6, 6.07) is 5.71. The van der Waals surface area contributed by atoms with Gasteiger partial charge in [-0.25, -0.2) is 4.98 Å². The number of hydrogen-bond acceptors (Lipinski definition) is 4. The normalized spacial score (nSPS) is 16.8. The van der Waals surface area contributed by atoms with E-state index in [2.05, 4.69) is 16.8 Å². The molecule has 2 heterocycles. The van der Waals surface area contributed by atoms with Crippen LogP contribution in [0.25, 0.3) is 0 Å². The molecular weight excluding hydrogens is 212 g/mol. The third-order valence-corrected chi connectivity index (χ3v) is 3.53. The number of aromatic nitrogens is 1. The van der Waals surface area contributed by atoms with E-state index in [0.717, 1.165) is 24.8 Å². The lowest BCUT2D eigenvalue weighted by atomic mass is 9.94. The molecule has 1 aliphatic rings. The molecule has 17 heavy (non-hydrogen) atoms. The second kappa shape index (κ2) is 5.05. The van der Waals surface area contributed by atoms with E-state index in [9.17, 15) is 0 Å². The molecule has 0 amide bonds. The van der Waals surface area contributed by atoms with Crippen LogP contribution < -0.4 is 10.6 Å². The quantitative estimate of drug-likeness (QED) is 0.845. The Bertz CT molecular complexity index is 428. The van der Waals surface area contributed by atoms with Crippen molar-refractivity contribution < 1.29 is 0 Å². The van der Waals surface area contributed by atoms with Crippen LogP contribution in [0.1, 0.15) is 31.9 Å². The fourth-order valence-corrected chi connectivity index (χ4v) is 2.30. The van der Waals surface area contributed by atoms with Gasteiger partial charge in [0, 0.05) is 13.1 Å². The number of nitrogen functional groups attached to an aromatic ring is 1. The molecule has 0 atom stereocenters. The van der Waals surface area contributed by atoms with E-state index >= 15 is 0 Å². The van der Waals surface area contributed by atoms with Crippen molar-refractivity contribution in [2.75, 3.05) is 23.7 Å². The summed E-state index contributed by atoms with van der Waals surface area (Å²) in [7, 11) is 0. The molecule has 0 aliphatic carbocycles. The van der Waals surface area contributed by atoms with Gasteiger partial charge in [0.2, 0.25) is 0 Å². The number of nitrogens with zero attached hydrogens (tertiary/aromatic N) is 3. The number of nitrogens with two attached hydrogens (primary N) is 1. The number of nitriles is 1. The SMILES string of the molecule is CCC1CCN(c2ccc(N)c(C#N)n2)CC1. The molecule has 4 heteroatoms. The van der Waals surface area contributed by atoms with Crippen LogP contribution in [0.4, 0.5) is 11.5 Å². The summed E-state index contributed by atoms with van der Waals surface area (Å²) in [6.07, 6.45) is 3.68. The third kappa shape index (κ3) is 2.50. The van der Waals surface area contributed by atoms with Crippen molar-refractivity contribution in [2.45, 2.75) is 26.2 Å². The molecule has 4 nitrogen and oxygen atoms in total. The molecule has 0 spiro atoms. The maximum Gasteiger partial charge on any atom is 0.165 e. The summed E-state index contributed by atoms with van der Waals surface area (Å²) in [5.41, 5.74) is 6.46. The smallest absolute Gasteiger partial charge is 0.165 e. The minimum Gasteiger partial charge on any atom is -0.396 e. The molecule has 2 N–H and O–H groups in total. The Hall–Kier alpha value is -1.76. The van der Waals surface area contributed by atoms with Crippen LogP contribution in [-0.4, -0.2) is 18.1 Å².